The highest BCUT2D eigenvalue weighted by atomic mass is 16.5. The molecule has 0 aromatic carbocycles. The molecule has 2 N–H and O–H groups in total. The van der Waals surface area contributed by atoms with Gasteiger partial charge in [0.25, 0.3) is 5.89 Å². The van der Waals surface area contributed by atoms with Crippen molar-refractivity contribution in [1.82, 2.24) is 19.9 Å². The Balaban J connectivity index is 2.42. The molecule has 0 bridgehead atoms. The first-order valence-electron chi connectivity index (χ1n) is 5.16. The van der Waals surface area contributed by atoms with E-state index in [1.54, 1.807) is 4.68 Å². The highest BCUT2D eigenvalue weighted by Crippen LogP contribution is 2.24. The highest BCUT2D eigenvalue weighted by molar-refractivity contribution is 5.59. The first-order chi connectivity index (χ1) is 7.63. The van der Waals surface area contributed by atoms with Crippen LogP contribution in [0.25, 0.3) is 11.5 Å². The van der Waals surface area contributed by atoms with Gasteiger partial charge in [-0.15, -0.1) is 0 Å². The summed E-state index contributed by atoms with van der Waals surface area (Å²) in [7, 11) is 1.89. The number of nitrogens with zero attached hydrogens (tertiary/aromatic N) is 4. The van der Waals surface area contributed by atoms with Crippen molar-refractivity contribution in [3.05, 3.63) is 17.2 Å². The largest absolute Gasteiger partial charge is 0.334 e. The Kier molecular flexibility index (Phi) is 2.74. The topological polar surface area (TPSA) is 82.8 Å². The number of hydrogen-bond acceptors (Lipinski definition) is 5. The van der Waals surface area contributed by atoms with Gasteiger partial charge in [-0.25, -0.2) is 0 Å². The molecule has 16 heavy (non-hydrogen) atoms. The molecule has 0 spiro atoms. The molecule has 0 aliphatic carbocycles. The molecule has 2 heterocycles. The molecule has 0 saturated heterocycles. The Morgan fingerprint density at radius 3 is 2.69 bits per heavy atom. The van der Waals surface area contributed by atoms with Crippen LogP contribution >= 0.6 is 0 Å². The van der Waals surface area contributed by atoms with Gasteiger partial charge in [0.15, 0.2) is 5.82 Å². The van der Waals surface area contributed by atoms with E-state index in [0.29, 0.717) is 24.7 Å². The predicted octanol–water partition coefficient (Wildman–Crippen LogP) is 0.588. The van der Waals surface area contributed by atoms with Crippen molar-refractivity contribution in [1.29, 1.82) is 0 Å². The van der Waals surface area contributed by atoms with Gasteiger partial charge < -0.3 is 10.3 Å². The Morgan fingerprint density at radius 2 is 2.12 bits per heavy atom. The summed E-state index contributed by atoms with van der Waals surface area (Å²) in [6.45, 7) is 4.42. The summed E-state index contributed by atoms with van der Waals surface area (Å²) in [5.74, 6) is 1.16. The van der Waals surface area contributed by atoms with Crippen molar-refractivity contribution < 1.29 is 4.52 Å². The van der Waals surface area contributed by atoms with Gasteiger partial charge in [-0.1, -0.05) is 5.16 Å². The van der Waals surface area contributed by atoms with Gasteiger partial charge in [0.2, 0.25) is 0 Å². The summed E-state index contributed by atoms with van der Waals surface area (Å²) in [4.78, 5) is 4.29. The lowest BCUT2D eigenvalue weighted by Crippen LogP contribution is -2.03. The average Bonchev–Trinajstić information content (AvgIpc) is 2.75. The van der Waals surface area contributed by atoms with E-state index in [-0.39, 0.29) is 0 Å². The zero-order valence-electron chi connectivity index (χ0n) is 9.69. The number of nitrogens with two attached hydrogens (primary N) is 1. The predicted molar refractivity (Wildman–Crippen MR) is 58.7 cm³/mol. The molecule has 6 heteroatoms. The van der Waals surface area contributed by atoms with Gasteiger partial charge in [-0.3, -0.25) is 4.68 Å². The van der Waals surface area contributed by atoms with Gasteiger partial charge in [-0.2, -0.15) is 10.1 Å². The van der Waals surface area contributed by atoms with Gasteiger partial charge >= 0.3 is 0 Å². The molecule has 0 fully saturated rings. The third kappa shape index (κ3) is 1.71. The van der Waals surface area contributed by atoms with Crippen LogP contribution in [0, 0.1) is 13.8 Å². The lowest BCUT2D eigenvalue weighted by atomic mass is 10.2. The number of aromatic nitrogens is 4. The molecule has 0 aliphatic heterocycles. The van der Waals surface area contributed by atoms with Gasteiger partial charge in [-0.05, 0) is 20.4 Å². The van der Waals surface area contributed by atoms with Crippen LogP contribution in [0.2, 0.25) is 0 Å². The van der Waals surface area contributed by atoms with Gasteiger partial charge in [0.1, 0.15) is 0 Å². The normalized spacial score (nSPS) is 11.0. The maximum absolute atomic E-state index is 5.43. The van der Waals surface area contributed by atoms with E-state index in [0.717, 1.165) is 17.0 Å². The van der Waals surface area contributed by atoms with E-state index in [1.165, 1.54) is 0 Å². The fraction of sp³-hybridized carbons (Fsp3) is 0.500. The van der Waals surface area contributed by atoms with Crippen molar-refractivity contribution in [2.45, 2.75) is 20.3 Å². The Labute approximate surface area is 93.4 Å². The quantitative estimate of drug-likeness (QED) is 0.820. The van der Waals surface area contributed by atoms with Crippen molar-refractivity contribution in [3.63, 3.8) is 0 Å². The van der Waals surface area contributed by atoms with E-state index in [4.69, 9.17) is 10.3 Å². The fourth-order valence-electron chi connectivity index (χ4n) is 1.67. The van der Waals surface area contributed by atoms with E-state index < -0.39 is 0 Å². The Hall–Kier alpha value is -1.69. The van der Waals surface area contributed by atoms with Crippen molar-refractivity contribution in [2.75, 3.05) is 6.54 Å². The Morgan fingerprint density at radius 1 is 1.38 bits per heavy atom. The summed E-state index contributed by atoms with van der Waals surface area (Å²) >= 11 is 0. The molecular weight excluding hydrogens is 206 g/mol. The van der Waals surface area contributed by atoms with Crippen molar-refractivity contribution >= 4 is 0 Å². The molecule has 0 unspecified atom stereocenters. The smallest absolute Gasteiger partial charge is 0.261 e. The lowest BCUT2D eigenvalue weighted by molar-refractivity contribution is 0.422. The zero-order chi connectivity index (χ0) is 11.7. The molecule has 0 aliphatic rings. The van der Waals surface area contributed by atoms with Crippen LogP contribution in [-0.2, 0) is 13.5 Å². The first kappa shape index (κ1) is 10.8. The van der Waals surface area contributed by atoms with E-state index >= 15 is 0 Å². The summed E-state index contributed by atoms with van der Waals surface area (Å²) in [6.07, 6.45) is 0.627. The first-order valence-corrected chi connectivity index (χ1v) is 5.16. The molecule has 2 aromatic rings. The average molecular weight is 221 g/mol. The zero-order valence-corrected chi connectivity index (χ0v) is 9.69. The standard InChI is InChI=1S/C10H15N5O/c1-6-9(7(2)15(3)13-6)10-12-8(4-5-11)14-16-10/h4-5,11H2,1-3H3. The minimum atomic E-state index is 0.518. The molecule has 0 saturated carbocycles. The van der Waals surface area contributed by atoms with E-state index in [2.05, 4.69) is 15.2 Å². The van der Waals surface area contributed by atoms with Gasteiger partial charge in [0, 0.05) is 19.2 Å². The molecule has 0 radical (unpaired) electrons. The van der Waals surface area contributed by atoms with Crippen LogP contribution in [-0.4, -0.2) is 26.5 Å². The van der Waals surface area contributed by atoms with Crippen LogP contribution in [0.1, 0.15) is 17.2 Å². The molecule has 6 nitrogen and oxygen atoms in total. The second kappa shape index (κ2) is 4.05. The summed E-state index contributed by atoms with van der Waals surface area (Å²) in [5, 5.41) is 8.18. The van der Waals surface area contributed by atoms with Crippen LogP contribution in [0.5, 0.6) is 0 Å². The molecule has 2 rings (SSSR count). The maximum Gasteiger partial charge on any atom is 0.261 e. The van der Waals surface area contributed by atoms with Crippen LogP contribution in [0.3, 0.4) is 0 Å². The van der Waals surface area contributed by atoms with Gasteiger partial charge in [0.05, 0.1) is 11.3 Å². The number of rotatable bonds is 3. The highest BCUT2D eigenvalue weighted by Gasteiger charge is 2.17. The van der Waals surface area contributed by atoms with Crippen molar-refractivity contribution in [3.8, 4) is 11.5 Å². The maximum atomic E-state index is 5.43. The Bertz CT molecular complexity index is 499. The van der Waals surface area contributed by atoms with E-state index in [9.17, 15) is 0 Å². The molecule has 0 amide bonds. The summed E-state index contributed by atoms with van der Waals surface area (Å²) < 4.78 is 7.01. The van der Waals surface area contributed by atoms with Crippen LogP contribution < -0.4 is 5.73 Å². The molecular formula is C10H15N5O. The van der Waals surface area contributed by atoms with Crippen molar-refractivity contribution in [2.24, 2.45) is 12.8 Å². The lowest BCUT2D eigenvalue weighted by Gasteiger charge is -1.94. The summed E-state index contributed by atoms with van der Waals surface area (Å²) in [5.41, 5.74) is 8.26. The second-order valence-electron chi connectivity index (χ2n) is 3.72. The van der Waals surface area contributed by atoms with E-state index in [1.807, 2.05) is 20.9 Å². The minimum Gasteiger partial charge on any atom is -0.334 e. The summed E-state index contributed by atoms with van der Waals surface area (Å²) in [6, 6.07) is 0. The number of aryl methyl sites for hydroxylation is 2. The minimum absolute atomic E-state index is 0.518. The molecule has 86 valence electrons. The second-order valence-corrected chi connectivity index (χ2v) is 3.72. The van der Waals surface area contributed by atoms with Crippen LogP contribution in [0.15, 0.2) is 4.52 Å². The molecule has 0 atom stereocenters. The fourth-order valence-corrected chi connectivity index (χ4v) is 1.67. The third-order valence-corrected chi connectivity index (χ3v) is 2.56. The van der Waals surface area contributed by atoms with Crippen LogP contribution in [0.4, 0.5) is 0 Å². The monoisotopic (exact) mass is 221 g/mol. The number of hydrogen-bond donors (Lipinski definition) is 1. The third-order valence-electron chi connectivity index (χ3n) is 2.56. The molecule has 2 aromatic heterocycles. The SMILES string of the molecule is Cc1nn(C)c(C)c1-c1nc(CCN)no1.